The van der Waals surface area contributed by atoms with Gasteiger partial charge >= 0.3 is 11.9 Å². The van der Waals surface area contributed by atoms with Crippen molar-refractivity contribution in [1.29, 1.82) is 0 Å². The van der Waals surface area contributed by atoms with Crippen LogP contribution in [0.2, 0.25) is 0 Å². The number of hydrogen-bond acceptors (Lipinski definition) is 5. The summed E-state index contributed by atoms with van der Waals surface area (Å²) in [7, 11) is 0. The van der Waals surface area contributed by atoms with E-state index in [-0.39, 0.29) is 35.8 Å². The number of ether oxygens (including phenoxy) is 2. The fraction of sp³-hybridized carbons (Fsp3) is 0.737. The molecule has 3 atom stereocenters. The van der Waals surface area contributed by atoms with Gasteiger partial charge in [-0.2, -0.15) is 13.9 Å². The first-order valence-corrected chi connectivity index (χ1v) is 9.56. The molecule has 1 aromatic rings. The lowest BCUT2D eigenvalue weighted by atomic mass is 9.66. The summed E-state index contributed by atoms with van der Waals surface area (Å²) < 4.78 is 40.8. The van der Waals surface area contributed by atoms with E-state index in [9.17, 15) is 18.4 Å². The van der Waals surface area contributed by atoms with E-state index >= 15 is 0 Å². The van der Waals surface area contributed by atoms with Gasteiger partial charge in [0.05, 0.1) is 37.3 Å². The van der Waals surface area contributed by atoms with Crippen molar-refractivity contribution in [1.82, 2.24) is 9.78 Å². The maximum Gasteiger partial charge on any atom is 0.341 e. The zero-order chi connectivity index (χ0) is 19.8. The van der Waals surface area contributed by atoms with Crippen LogP contribution < -0.4 is 0 Å². The Hall–Kier alpha value is -1.99. The predicted molar refractivity (Wildman–Crippen MR) is 92.4 cm³/mol. The fourth-order valence-corrected chi connectivity index (χ4v) is 4.46. The van der Waals surface area contributed by atoms with E-state index in [1.807, 2.05) is 13.8 Å². The van der Waals surface area contributed by atoms with Gasteiger partial charge in [0.1, 0.15) is 11.3 Å². The smallest absolute Gasteiger partial charge is 0.341 e. The number of carbonyl (C=O) groups is 2. The molecule has 0 aromatic carbocycles. The van der Waals surface area contributed by atoms with Crippen molar-refractivity contribution in [3.63, 3.8) is 0 Å². The van der Waals surface area contributed by atoms with Gasteiger partial charge in [-0.3, -0.25) is 9.48 Å². The second-order valence-corrected chi connectivity index (χ2v) is 7.58. The molecule has 3 rings (SSSR count). The quantitative estimate of drug-likeness (QED) is 0.738. The molecule has 2 heterocycles. The first-order chi connectivity index (χ1) is 12.8. The van der Waals surface area contributed by atoms with E-state index in [1.165, 1.54) is 10.9 Å². The summed E-state index contributed by atoms with van der Waals surface area (Å²) in [6.07, 6.45) is 2.87. The SMILES string of the molecule is CCOC(=O)C1(CC)CCC(n2ncc3c2C(F)(F)CCOC3=O)C(C)C1. The molecule has 0 amide bonds. The van der Waals surface area contributed by atoms with Crippen molar-refractivity contribution in [3.8, 4) is 0 Å². The Labute approximate surface area is 157 Å². The standard InChI is InChI=1S/C19H26F2N2O4/c1-4-18(17(25)26-5-2)7-6-14(12(3)10-18)23-15-13(11-22-23)16(24)27-9-8-19(15,20)21/h11-12,14H,4-10H2,1-3H3. The highest BCUT2D eigenvalue weighted by atomic mass is 19.3. The molecule has 1 saturated carbocycles. The molecule has 0 spiro atoms. The summed E-state index contributed by atoms with van der Waals surface area (Å²) in [4.78, 5) is 24.5. The van der Waals surface area contributed by atoms with Crippen LogP contribution in [-0.2, 0) is 20.2 Å². The molecule has 150 valence electrons. The summed E-state index contributed by atoms with van der Waals surface area (Å²) in [6.45, 7) is 5.67. The molecular weight excluding hydrogens is 358 g/mol. The molecule has 27 heavy (non-hydrogen) atoms. The van der Waals surface area contributed by atoms with Crippen molar-refractivity contribution in [2.24, 2.45) is 11.3 Å². The van der Waals surface area contributed by atoms with Crippen molar-refractivity contribution >= 4 is 11.9 Å². The Kier molecular flexibility index (Phi) is 5.27. The van der Waals surface area contributed by atoms with E-state index < -0.39 is 23.7 Å². The fourth-order valence-electron chi connectivity index (χ4n) is 4.46. The van der Waals surface area contributed by atoms with Gasteiger partial charge < -0.3 is 9.47 Å². The Bertz CT molecular complexity index is 733. The molecule has 2 aliphatic rings. The first kappa shape index (κ1) is 19.8. The highest BCUT2D eigenvalue weighted by molar-refractivity contribution is 5.91. The summed E-state index contributed by atoms with van der Waals surface area (Å²) >= 11 is 0. The van der Waals surface area contributed by atoms with Crippen LogP contribution in [0.3, 0.4) is 0 Å². The van der Waals surface area contributed by atoms with E-state index in [4.69, 9.17) is 9.47 Å². The number of halogens is 2. The van der Waals surface area contributed by atoms with Gasteiger partial charge in [-0.15, -0.1) is 0 Å². The number of aromatic nitrogens is 2. The second kappa shape index (κ2) is 7.20. The normalized spacial score (nSPS) is 30.2. The minimum Gasteiger partial charge on any atom is -0.466 e. The van der Waals surface area contributed by atoms with Crippen LogP contribution in [0.15, 0.2) is 6.20 Å². The number of fused-ring (bicyclic) bond motifs is 1. The third-order valence-electron chi connectivity index (χ3n) is 6.00. The molecule has 6 nitrogen and oxygen atoms in total. The van der Waals surface area contributed by atoms with Crippen LogP contribution >= 0.6 is 0 Å². The van der Waals surface area contributed by atoms with Gasteiger partial charge in [-0.1, -0.05) is 13.8 Å². The van der Waals surface area contributed by atoms with Crippen molar-refractivity contribution in [2.75, 3.05) is 13.2 Å². The van der Waals surface area contributed by atoms with Gasteiger partial charge in [0.2, 0.25) is 0 Å². The third-order valence-corrected chi connectivity index (χ3v) is 6.00. The third kappa shape index (κ3) is 3.34. The molecule has 1 aliphatic heterocycles. The van der Waals surface area contributed by atoms with Crippen LogP contribution in [0.1, 0.15) is 75.0 Å². The van der Waals surface area contributed by atoms with Crippen molar-refractivity contribution in [3.05, 3.63) is 17.5 Å². The van der Waals surface area contributed by atoms with Crippen LogP contribution in [0.25, 0.3) is 0 Å². The molecule has 0 saturated heterocycles. The van der Waals surface area contributed by atoms with Crippen LogP contribution in [0.5, 0.6) is 0 Å². The summed E-state index contributed by atoms with van der Waals surface area (Å²) in [5.41, 5.74) is -1.11. The monoisotopic (exact) mass is 384 g/mol. The topological polar surface area (TPSA) is 70.4 Å². The number of carbonyl (C=O) groups excluding carboxylic acids is 2. The zero-order valence-electron chi connectivity index (χ0n) is 16.0. The molecule has 0 N–H and O–H groups in total. The van der Waals surface area contributed by atoms with Crippen molar-refractivity contribution < 1.29 is 27.8 Å². The van der Waals surface area contributed by atoms with Gasteiger partial charge in [0.25, 0.3) is 5.92 Å². The second-order valence-electron chi connectivity index (χ2n) is 7.58. The maximum atomic E-state index is 14.7. The average Bonchev–Trinajstić information content (AvgIpc) is 3.03. The first-order valence-electron chi connectivity index (χ1n) is 9.56. The molecule has 1 fully saturated rings. The molecular formula is C19H26F2N2O4. The number of hydrogen-bond donors (Lipinski definition) is 0. The molecule has 3 unspecified atom stereocenters. The molecule has 1 aliphatic carbocycles. The van der Waals surface area contributed by atoms with Gasteiger partial charge in [-0.05, 0) is 38.5 Å². The number of rotatable bonds is 4. The molecule has 0 radical (unpaired) electrons. The van der Waals surface area contributed by atoms with E-state index in [2.05, 4.69) is 5.10 Å². The lowest BCUT2D eigenvalue weighted by Gasteiger charge is -2.42. The lowest BCUT2D eigenvalue weighted by Crippen LogP contribution is -2.41. The van der Waals surface area contributed by atoms with E-state index in [0.29, 0.717) is 32.3 Å². The van der Waals surface area contributed by atoms with Gasteiger partial charge in [0, 0.05) is 0 Å². The minimum atomic E-state index is -3.18. The number of cyclic esters (lactones) is 1. The summed E-state index contributed by atoms with van der Waals surface area (Å²) in [5, 5.41) is 4.13. The number of nitrogens with zero attached hydrogens (tertiary/aromatic N) is 2. The highest BCUT2D eigenvalue weighted by Crippen LogP contribution is 2.49. The molecule has 0 bridgehead atoms. The van der Waals surface area contributed by atoms with Crippen LogP contribution in [0.4, 0.5) is 8.78 Å². The van der Waals surface area contributed by atoms with Crippen molar-refractivity contribution in [2.45, 2.75) is 64.8 Å². The number of esters is 2. The van der Waals surface area contributed by atoms with E-state index in [0.717, 1.165) is 0 Å². The average molecular weight is 384 g/mol. The molecule has 1 aromatic heterocycles. The highest BCUT2D eigenvalue weighted by Gasteiger charge is 2.48. The zero-order valence-corrected chi connectivity index (χ0v) is 16.0. The van der Waals surface area contributed by atoms with Crippen LogP contribution in [-0.4, -0.2) is 34.9 Å². The summed E-state index contributed by atoms with van der Waals surface area (Å²) in [6, 6.07) is -0.306. The Morgan fingerprint density at radius 1 is 1.41 bits per heavy atom. The Balaban J connectivity index is 1.92. The Morgan fingerprint density at radius 3 is 2.78 bits per heavy atom. The number of alkyl halides is 2. The Morgan fingerprint density at radius 2 is 2.15 bits per heavy atom. The largest absolute Gasteiger partial charge is 0.466 e. The predicted octanol–water partition coefficient (Wildman–Crippen LogP) is 3.86. The van der Waals surface area contributed by atoms with Gasteiger partial charge in [0.15, 0.2) is 0 Å². The van der Waals surface area contributed by atoms with Gasteiger partial charge in [-0.25, -0.2) is 4.79 Å². The van der Waals surface area contributed by atoms with Crippen LogP contribution in [0, 0.1) is 11.3 Å². The summed E-state index contributed by atoms with van der Waals surface area (Å²) in [5.74, 6) is -4.22. The maximum absolute atomic E-state index is 14.7. The van der Waals surface area contributed by atoms with E-state index in [1.54, 1.807) is 6.92 Å². The lowest BCUT2D eigenvalue weighted by molar-refractivity contribution is -0.160. The minimum absolute atomic E-state index is 0.0674. The molecule has 8 heteroatoms.